The number of rotatable bonds is 4. The molecule has 2 aromatic rings. The Labute approximate surface area is 96.1 Å². The van der Waals surface area contributed by atoms with Crippen LogP contribution in [0.4, 0.5) is 5.69 Å². The molecule has 0 aliphatic heterocycles. The standard InChI is InChI=1S/C10H11N3O2S/c11-8-5-13(12-9(8)10(14)15)3-1-7-2-4-16-6-7/h2,4-6H,1,3,11H2,(H,14,15). The summed E-state index contributed by atoms with van der Waals surface area (Å²) >= 11 is 1.64. The van der Waals surface area contributed by atoms with E-state index in [1.54, 1.807) is 22.2 Å². The summed E-state index contributed by atoms with van der Waals surface area (Å²) in [5.74, 6) is -1.09. The summed E-state index contributed by atoms with van der Waals surface area (Å²) in [6.07, 6.45) is 2.37. The second-order valence-electron chi connectivity index (χ2n) is 3.38. The number of nitrogen functional groups attached to an aromatic ring is 1. The first kappa shape index (κ1) is 10.7. The van der Waals surface area contributed by atoms with Gasteiger partial charge in [0, 0.05) is 12.7 Å². The number of thiophene rings is 1. The van der Waals surface area contributed by atoms with Crippen LogP contribution in [0.5, 0.6) is 0 Å². The van der Waals surface area contributed by atoms with E-state index in [2.05, 4.69) is 10.5 Å². The van der Waals surface area contributed by atoms with Crippen molar-refractivity contribution in [2.24, 2.45) is 0 Å². The van der Waals surface area contributed by atoms with Crippen LogP contribution in [0.25, 0.3) is 0 Å². The van der Waals surface area contributed by atoms with E-state index in [4.69, 9.17) is 10.8 Å². The fourth-order valence-electron chi connectivity index (χ4n) is 1.40. The third-order valence-electron chi connectivity index (χ3n) is 2.20. The Morgan fingerprint density at radius 3 is 3.00 bits per heavy atom. The lowest BCUT2D eigenvalue weighted by molar-refractivity contribution is 0.0690. The molecule has 0 radical (unpaired) electrons. The first-order chi connectivity index (χ1) is 7.66. The van der Waals surface area contributed by atoms with Crippen molar-refractivity contribution >= 4 is 23.0 Å². The average molecular weight is 237 g/mol. The van der Waals surface area contributed by atoms with Gasteiger partial charge in [0.1, 0.15) is 0 Å². The molecule has 2 rings (SSSR count). The van der Waals surface area contributed by atoms with Gasteiger partial charge in [-0.2, -0.15) is 16.4 Å². The summed E-state index contributed by atoms with van der Waals surface area (Å²) in [6, 6.07) is 2.04. The number of nitrogens with zero attached hydrogens (tertiary/aromatic N) is 2. The van der Waals surface area contributed by atoms with Crippen molar-refractivity contribution in [1.29, 1.82) is 0 Å². The van der Waals surface area contributed by atoms with Gasteiger partial charge in [0.05, 0.1) is 5.69 Å². The fraction of sp³-hybridized carbons (Fsp3) is 0.200. The number of nitrogens with two attached hydrogens (primary N) is 1. The smallest absolute Gasteiger partial charge is 0.358 e. The van der Waals surface area contributed by atoms with E-state index in [0.29, 0.717) is 6.54 Å². The van der Waals surface area contributed by atoms with Gasteiger partial charge in [-0.25, -0.2) is 4.79 Å². The first-order valence-corrected chi connectivity index (χ1v) is 5.68. The molecular weight excluding hydrogens is 226 g/mol. The number of aromatic nitrogens is 2. The van der Waals surface area contributed by atoms with Gasteiger partial charge < -0.3 is 10.8 Å². The van der Waals surface area contributed by atoms with Gasteiger partial charge in [0.15, 0.2) is 5.69 Å². The number of hydrogen-bond acceptors (Lipinski definition) is 4. The van der Waals surface area contributed by atoms with Crippen LogP contribution in [-0.2, 0) is 13.0 Å². The molecule has 5 nitrogen and oxygen atoms in total. The molecule has 16 heavy (non-hydrogen) atoms. The molecule has 0 spiro atoms. The zero-order valence-electron chi connectivity index (χ0n) is 8.46. The molecule has 3 N–H and O–H groups in total. The highest BCUT2D eigenvalue weighted by Crippen LogP contribution is 2.11. The van der Waals surface area contributed by atoms with E-state index >= 15 is 0 Å². The zero-order chi connectivity index (χ0) is 11.5. The van der Waals surface area contributed by atoms with E-state index in [9.17, 15) is 4.79 Å². The highest BCUT2D eigenvalue weighted by atomic mass is 32.1. The maximum Gasteiger partial charge on any atom is 0.358 e. The predicted octanol–water partition coefficient (Wildman–Crippen LogP) is 1.47. The van der Waals surface area contributed by atoms with Crippen LogP contribution >= 0.6 is 11.3 Å². The van der Waals surface area contributed by atoms with Gasteiger partial charge in [-0.1, -0.05) is 0 Å². The number of carboxylic acids is 1. The van der Waals surface area contributed by atoms with Crippen molar-refractivity contribution < 1.29 is 9.90 Å². The van der Waals surface area contributed by atoms with E-state index in [1.807, 2.05) is 11.4 Å². The maximum atomic E-state index is 10.7. The normalized spacial score (nSPS) is 10.5. The first-order valence-electron chi connectivity index (χ1n) is 4.74. The molecule has 6 heteroatoms. The number of carbonyl (C=O) groups is 1. The van der Waals surface area contributed by atoms with E-state index in [1.165, 1.54) is 5.56 Å². The average Bonchev–Trinajstić information content (AvgIpc) is 2.83. The third-order valence-corrected chi connectivity index (χ3v) is 2.93. The highest BCUT2D eigenvalue weighted by molar-refractivity contribution is 7.07. The lowest BCUT2D eigenvalue weighted by Crippen LogP contribution is -2.05. The quantitative estimate of drug-likeness (QED) is 0.843. The van der Waals surface area contributed by atoms with Crippen molar-refractivity contribution in [3.05, 3.63) is 34.3 Å². The maximum absolute atomic E-state index is 10.7. The second-order valence-corrected chi connectivity index (χ2v) is 4.16. The largest absolute Gasteiger partial charge is 0.476 e. The van der Waals surface area contributed by atoms with Gasteiger partial charge in [0.25, 0.3) is 0 Å². The Kier molecular flexibility index (Phi) is 2.91. The summed E-state index contributed by atoms with van der Waals surface area (Å²) in [6.45, 7) is 0.633. The monoisotopic (exact) mass is 237 g/mol. The van der Waals surface area contributed by atoms with Crippen LogP contribution in [0, 0.1) is 0 Å². The predicted molar refractivity (Wildman–Crippen MR) is 61.6 cm³/mol. The molecular formula is C10H11N3O2S. The van der Waals surface area contributed by atoms with Gasteiger partial charge >= 0.3 is 5.97 Å². The number of aromatic carboxylic acids is 1. The molecule has 0 aromatic carbocycles. The van der Waals surface area contributed by atoms with Crippen molar-refractivity contribution in [2.45, 2.75) is 13.0 Å². The van der Waals surface area contributed by atoms with Crippen LogP contribution in [0.3, 0.4) is 0 Å². The van der Waals surface area contributed by atoms with Crippen LogP contribution in [0.2, 0.25) is 0 Å². The number of carboxylic acid groups (broad SMARTS) is 1. The molecule has 2 aromatic heterocycles. The van der Waals surface area contributed by atoms with Gasteiger partial charge in [-0.05, 0) is 28.8 Å². The molecule has 0 bridgehead atoms. The van der Waals surface area contributed by atoms with Crippen LogP contribution in [0.1, 0.15) is 16.1 Å². The topological polar surface area (TPSA) is 81.1 Å². The van der Waals surface area contributed by atoms with Crippen LogP contribution in [0.15, 0.2) is 23.0 Å². The second kappa shape index (κ2) is 4.36. The Hall–Kier alpha value is -1.82. The molecule has 0 atom stereocenters. The van der Waals surface area contributed by atoms with Crippen LogP contribution in [-0.4, -0.2) is 20.9 Å². The number of anilines is 1. The van der Waals surface area contributed by atoms with Crippen molar-refractivity contribution in [1.82, 2.24) is 9.78 Å². The molecule has 0 fully saturated rings. The molecule has 0 saturated carbocycles. The van der Waals surface area contributed by atoms with Crippen molar-refractivity contribution in [2.75, 3.05) is 5.73 Å². The lowest BCUT2D eigenvalue weighted by Gasteiger charge is -1.98. The number of hydrogen-bond donors (Lipinski definition) is 2. The minimum atomic E-state index is -1.09. The molecule has 0 aliphatic rings. The van der Waals surface area contributed by atoms with E-state index in [0.717, 1.165) is 6.42 Å². The summed E-state index contributed by atoms with van der Waals surface area (Å²) < 4.78 is 1.57. The van der Waals surface area contributed by atoms with Crippen molar-refractivity contribution in [3.8, 4) is 0 Å². The minimum absolute atomic E-state index is 0.0784. The highest BCUT2D eigenvalue weighted by Gasteiger charge is 2.12. The molecule has 0 saturated heterocycles. The van der Waals surface area contributed by atoms with Crippen molar-refractivity contribution in [3.63, 3.8) is 0 Å². The van der Waals surface area contributed by atoms with E-state index in [-0.39, 0.29) is 11.4 Å². The molecule has 2 heterocycles. The SMILES string of the molecule is Nc1cn(CCc2ccsc2)nc1C(=O)O. The van der Waals surface area contributed by atoms with E-state index < -0.39 is 5.97 Å². The minimum Gasteiger partial charge on any atom is -0.476 e. The van der Waals surface area contributed by atoms with Crippen LogP contribution < -0.4 is 5.73 Å². The molecule has 84 valence electrons. The Morgan fingerprint density at radius 1 is 1.62 bits per heavy atom. The molecule has 0 unspecified atom stereocenters. The van der Waals surface area contributed by atoms with Gasteiger partial charge in [-0.15, -0.1) is 0 Å². The Bertz CT molecular complexity index is 490. The summed E-state index contributed by atoms with van der Waals surface area (Å²) in [5.41, 5.74) is 6.88. The number of aryl methyl sites for hydroxylation is 2. The fourth-order valence-corrected chi connectivity index (χ4v) is 2.10. The van der Waals surface area contributed by atoms with Gasteiger partial charge in [0.2, 0.25) is 0 Å². The molecule has 0 amide bonds. The zero-order valence-corrected chi connectivity index (χ0v) is 9.28. The lowest BCUT2D eigenvalue weighted by atomic mass is 10.2. The Balaban J connectivity index is 2.05. The molecule has 0 aliphatic carbocycles. The summed E-state index contributed by atoms with van der Waals surface area (Å²) in [5, 5.41) is 16.8. The van der Waals surface area contributed by atoms with Gasteiger partial charge in [-0.3, -0.25) is 4.68 Å². The summed E-state index contributed by atoms with van der Waals surface area (Å²) in [7, 11) is 0. The Morgan fingerprint density at radius 2 is 2.44 bits per heavy atom. The third kappa shape index (κ3) is 2.22. The summed E-state index contributed by atoms with van der Waals surface area (Å²) in [4.78, 5) is 10.7.